The van der Waals surface area contributed by atoms with Crippen LogP contribution in [-0.2, 0) is 65.4 Å². The van der Waals surface area contributed by atoms with E-state index in [4.69, 9.17) is 37.0 Å². The Bertz CT molecular complexity index is 1850. The number of hydrogen-bond donors (Lipinski definition) is 3. The fourth-order valence-electron chi connectivity index (χ4n) is 11.3. The lowest BCUT2D eigenvalue weighted by atomic mass is 9.99. The number of unbranched alkanes of at least 4 members (excludes halogenated alkanes) is 37. The SMILES string of the molecule is CCC(C)CCCCCCCCCCCCCCCCCCCCC(=O)OC[C@H](COP(=O)(O)OCC(O)COP(=O)(O)OC[C@@H](COC(=O)CCCCCCCCCC(C)C)OC(=O)CCCCCCCCCCC(C)C)OC(=O)CCCCCCCCCCC(C)C. The molecule has 0 heterocycles. The van der Waals surface area contributed by atoms with Crippen LogP contribution in [0.3, 0.4) is 0 Å². The third-order valence-electron chi connectivity index (χ3n) is 17.7. The van der Waals surface area contributed by atoms with Crippen LogP contribution in [0.15, 0.2) is 0 Å². The van der Waals surface area contributed by atoms with E-state index in [0.717, 1.165) is 114 Å². The van der Waals surface area contributed by atoms with Crippen molar-refractivity contribution in [3.05, 3.63) is 0 Å². The molecule has 0 aliphatic heterocycles. The van der Waals surface area contributed by atoms with Crippen LogP contribution in [0.4, 0.5) is 0 Å². The summed E-state index contributed by atoms with van der Waals surface area (Å²) in [6.07, 6.45) is 48.9. The number of aliphatic hydroxyl groups is 1. The highest BCUT2D eigenvalue weighted by Gasteiger charge is 2.30. The first-order valence-corrected chi connectivity index (χ1v) is 41.7. The first-order valence-electron chi connectivity index (χ1n) is 38.7. The first-order chi connectivity index (χ1) is 45.1. The van der Waals surface area contributed by atoms with E-state index in [9.17, 15) is 43.2 Å². The fraction of sp³-hybridized carbons (Fsp3) is 0.947. The molecule has 0 spiro atoms. The maximum Gasteiger partial charge on any atom is 0.472 e. The molecule has 0 radical (unpaired) electrons. The zero-order chi connectivity index (χ0) is 69.6. The molecule has 0 aromatic heterocycles. The molecule has 0 aliphatic rings. The third-order valence-corrected chi connectivity index (χ3v) is 19.6. The van der Waals surface area contributed by atoms with E-state index in [1.54, 1.807) is 0 Å². The van der Waals surface area contributed by atoms with E-state index < -0.39 is 97.5 Å². The minimum absolute atomic E-state index is 0.103. The summed E-state index contributed by atoms with van der Waals surface area (Å²) >= 11 is 0. The highest BCUT2D eigenvalue weighted by molar-refractivity contribution is 7.47. The monoisotopic (exact) mass is 1380 g/mol. The Morgan fingerprint density at radius 2 is 0.511 bits per heavy atom. The van der Waals surface area contributed by atoms with Crippen molar-refractivity contribution in [3.63, 3.8) is 0 Å². The lowest BCUT2D eigenvalue weighted by Gasteiger charge is -2.21. The maximum absolute atomic E-state index is 13.1. The third kappa shape index (κ3) is 67.3. The van der Waals surface area contributed by atoms with Gasteiger partial charge in [-0.25, -0.2) is 9.13 Å². The van der Waals surface area contributed by atoms with Crippen molar-refractivity contribution in [1.82, 2.24) is 0 Å². The van der Waals surface area contributed by atoms with Crippen molar-refractivity contribution in [2.75, 3.05) is 39.6 Å². The predicted octanol–water partition coefficient (Wildman–Crippen LogP) is 21.7. The summed E-state index contributed by atoms with van der Waals surface area (Å²) < 4.78 is 68.4. The molecule has 0 rings (SSSR count). The Hall–Kier alpha value is -1.94. The highest BCUT2D eigenvalue weighted by Crippen LogP contribution is 2.45. The first kappa shape index (κ1) is 92.1. The molecule has 0 saturated heterocycles. The molecule has 19 heteroatoms. The number of phosphoric acid groups is 2. The maximum atomic E-state index is 13.1. The molecule has 558 valence electrons. The van der Waals surface area contributed by atoms with Gasteiger partial charge in [-0.15, -0.1) is 0 Å². The summed E-state index contributed by atoms with van der Waals surface area (Å²) in [6.45, 7) is 14.1. The molecular formula is C75H146O17P2. The van der Waals surface area contributed by atoms with Gasteiger partial charge in [0.15, 0.2) is 12.2 Å². The Balaban J connectivity index is 5.13. The Labute approximate surface area is 575 Å². The second kappa shape index (κ2) is 64.4. The highest BCUT2D eigenvalue weighted by atomic mass is 31.2. The fourth-order valence-corrected chi connectivity index (χ4v) is 12.9. The summed E-state index contributed by atoms with van der Waals surface area (Å²) in [7, 11) is -9.91. The van der Waals surface area contributed by atoms with Gasteiger partial charge in [-0.05, 0) is 49.4 Å². The molecule has 6 atom stereocenters. The normalized spacial score (nSPS) is 14.4. The lowest BCUT2D eigenvalue weighted by molar-refractivity contribution is -0.161. The van der Waals surface area contributed by atoms with Crippen LogP contribution in [0.25, 0.3) is 0 Å². The van der Waals surface area contributed by atoms with E-state index >= 15 is 0 Å². The van der Waals surface area contributed by atoms with Gasteiger partial charge in [0.2, 0.25) is 0 Å². The number of carbonyl (C=O) groups excluding carboxylic acids is 4. The quantitative estimate of drug-likeness (QED) is 0.0222. The van der Waals surface area contributed by atoms with Crippen molar-refractivity contribution in [3.8, 4) is 0 Å². The lowest BCUT2D eigenvalue weighted by Crippen LogP contribution is -2.30. The summed E-state index contributed by atoms with van der Waals surface area (Å²) in [4.78, 5) is 72.6. The van der Waals surface area contributed by atoms with Gasteiger partial charge in [0, 0.05) is 25.7 Å². The minimum atomic E-state index is -4.96. The zero-order valence-electron chi connectivity index (χ0n) is 61.6. The van der Waals surface area contributed by atoms with E-state index in [-0.39, 0.29) is 25.7 Å². The van der Waals surface area contributed by atoms with Crippen LogP contribution in [0.2, 0.25) is 0 Å². The van der Waals surface area contributed by atoms with Gasteiger partial charge in [-0.1, -0.05) is 325 Å². The number of carbonyl (C=O) groups is 4. The van der Waals surface area contributed by atoms with Gasteiger partial charge in [0.05, 0.1) is 26.4 Å². The van der Waals surface area contributed by atoms with E-state index in [0.29, 0.717) is 31.6 Å². The van der Waals surface area contributed by atoms with Crippen molar-refractivity contribution < 1.29 is 80.2 Å². The molecule has 4 unspecified atom stereocenters. The molecular weight excluding hydrogens is 1230 g/mol. The average Bonchev–Trinajstić information content (AvgIpc) is 1.54. The van der Waals surface area contributed by atoms with E-state index in [1.165, 1.54) is 173 Å². The molecule has 0 bridgehead atoms. The van der Waals surface area contributed by atoms with Gasteiger partial charge in [0.25, 0.3) is 0 Å². The molecule has 0 aromatic carbocycles. The predicted molar refractivity (Wildman–Crippen MR) is 381 cm³/mol. The summed E-state index contributed by atoms with van der Waals surface area (Å²) in [6, 6.07) is 0. The Kier molecular flexibility index (Phi) is 63.1. The van der Waals surface area contributed by atoms with Gasteiger partial charge in [-0.3, -0.25) is 37.3 Å². The van der Waals surface area contributed by atoms with Crippen molar-refractivity contribution in [2.45, 2.75) is 395 Å². The number of hydrogen-bond acceptors (Lipinski definition) is 15. The number of rotatable bonds is 72. The van der Waals surface area contributed by atoms with Gasteiger partial charge >= 0.3 is 39.5 Å². The topological polar surface area (TPSA) is 237 Å². The Morgan fingerprint density at radius 3 is 0.755 bits per heavy atom. The summed E-state index contributed by atoms with van der Waals surface area (Å²) in [5, 5.41) is 10.6. The largest absolute Gasteiger partial charge is 0.472 e. The average molecular weight is 1380 g/mol. The van der Waals surface area contributed by atoms with Crippen molar-refractivity contribution in [1.29, 1.82) is 0 Å². The van der Waals surface area contributed by atoms with Crippen molar-refractivity contribution >= 4 is 39.5 Å². The zero-order valence-corrected chi connectivity index (χ0v) is 63.4. The molecule has 0 aromatic rings. The van der Waals surface area contributed by atoms with Crippen LogP contribution >= 0.6 is 15.6 Å². The smallest absolute Gasteiger partial charge is 0.462 e. The second-order valence-corrected chi connectivity index (χ2v) is 31.6. The van der Waals surface area contributed by atoms with E-state index in [2.05, 4.69) is 55.4 Å². The molecule has 3 N–H and O–H groups in total. The number of phosphoric ester groups is 2. The summed E-state index contributed by atoms with van der Waals surface area (Å²) in [5.41, 5.74) is 0. The number of esters is 4. The standard InChI is InChI=1S/C75H146O17P2/c1-9-68(8)54-46-38-30-20-18-16-14-12-10-11-13-15-17-19-21-31-39-47-55-72(77)85-61-70(91-74(79)57-49-41-32-24-22-27-35-43-51-65(2)3)63-89-93(81,82)87-59-69(76)60-88-94(83,84)90-64-71(62-86-73(78)56-48-40-34-26-29-37-45-53-67(6)7)92-75(80)58-50-42-33-25-23-28-36-44-52-66(4)5/h65-71,76H,9-64H2,1-8H3,(H,81,82)(H,83,84)/t68?,69?,70-,71-/m1/s1. The minimum Gasteiger partial charge on any atom is -0.462 e. The van der Waals surface area contributed by atoms with Crippen LogP contribution in [0.5, 0.6) is 0 Å². The van der Waals surface area contributed by atoms with Crippen LogP contribution in [0, 0.1) is 23.7 Å². The molecule has 94 heavy (non-hydrogen) atoms. The number of aliphatic hydroxyl groups excluding tert-OH is 1. The molecule has 0 amide bonds. The molecule has 0 fully saturated rings. The molecule has 17 nitrogen and oxygen atoms in total. The van der Waals surface area contributed by atoms with Gasteiger partial charge < -0.3 is 33.8 Å². The van der Waals surface area contributed by atoms with Crippen LogP contribution in [0.1, 0.15) is 376 Å². The molecule has 0 aliphatic carbocycles. The van der Waals surface area contributed by atoms with Gasteiger partial charge in [0.1, 0.15) is 19.3 Å². The Morgan fingerprint density at radius 1 is 0.298 bits per heavy atom. The molecule has 0 saturated carbocycles. The second-order valence-electron chi connectivity index (χ2n) is 28.7. The van der Waals surface area contributed by atoms with Crippen LogP contribution in [-0.4, -0.2) is 96.7 Å². The van der Waals surface area contributed by atoms with Gasteiger partial charge in [-0.2, -0.15) is 0 Å². The van der Waals surface area contributed by atoms with Crippen LogP contribution < -0.4 is 0 Å². The van der Waals surface area contributed by atoms with Crippen molar-refractivity contribution in [2.24, 2.45) is 23.7 Å². The van der Waals surface area contributed by atoms with E-state index in [1.807, 2.05) is 0 Å². The summed E-state index contributed by atoms with van der Waals surface area (Å²) in [5.74, 6) is 0.887. The number of ether oxygens (including phenoxy) is 4.